The van der Waals surface area contributed by atoms with E-state index in [9.17, 15) is 5.11 Å². The van der Waals surface area contributed by atoms with E-state index in [0.29, 0.717) is 34.0 Å². The highest BCUT2D eigenvalue weighted by atomic mass is 16.5. The number of fused-ring (bicyclic) bond motifs is 1. The van der Waals surface area contributed by atoms with Gasteiger partial charge in [0.05, 0.1) is 18.4 Å². The quantitative estimate of drug-likeness (QED) is 0.556. The van der Waals surface area contributed by atoms with Gasteiger partial charge in [0.25, 0.3) is 0 Å². The molecule has 0 saturated heterocycles. The molecule has 0 radical (unpaired) electrons. The van der Waals surface area contributed by atoms with Crippen LogP contribution in [0, 0.1) is 0 Å². The summed E-state index contributed by atoms with van der Waals surface area (Å²) in [4.78, 5) is 13.0. The molecule has 0 saturated carbocycles. The number of rotatable bonds is 4. The normalized spacial score (nSPS) is 11.3. The van der Waals surface area contributed by atoms with Gasteiger partial charge < -0.3 is 14.3 Å². The van der Waals surface area contributed by atoms with Crippen molar-refractivity contribution in [3.63, 3.8) is 0 Å². The van der Waals surface area contributed by atoms with Gasteiger partial charge in [-0.1, -0.05) is 6.07 Å². The van der Waals surface area contributed by atoms with E-state index in [1.807, 2.05) is 30.3 Å². The Bertz CT molecular complexity index is 1090. The van der Waals surface area contributed by atoms with Crippen molar-refractivity contribution in [2.75, 3.05) is 7.11 Å². The van der Waals surface area contributed by atoms with Gasteiger partial charge in [-0.05, 0) is 42.5 Å². The van der Waals surface area contributed by atoms with Gasteiger partial charge in [-0.2, -0.15) is 0 Å². The number of aliphatic imine (C=N–C) groups is 1. The number of nitrogens with zero attached hydrogens (tertiary/aromatic N) is 3. The van der Waals surface area contributed by atoms with Crippen LogP contribution in [0.3, 0.4) is 0 Å². The molecule has 4 rings (SSSR count). The van der Waals surface area contributed by atoms with E-state index in [0.717, 1.165) is 5.56 Å². The number of benzene rings is 2. The molecule has 2 heterocycles. The molecule has 4 aromatic rings. The van der Waals surface area contributed by atoms with Crippen molar-refractivity contribution in [1.82, 2.24) is 9.97 Å². The van der Waals surface area contributed by atoms with Crippen molar-refractivity contribution >= 4 is 23.0 Å². The Morgan fingerprint density at radius 2 is 2.08 bits per heavy atom. The third-order valence-corrected chi connectivity index (χ3v) is 3.88. The first kappa shape index (κ1) is 15.8. The molecule has 0 spiro atoms. The van der Waals surface area contributed by atoms with Crippen LogP contribution in [0.1, 0.15) is 5.56 Å². The molecular formula is C20H15N3O3. The fourth-order valence-corrected chi connectivity index (χ4v) is 2.56. The molecule has 2 aromatic carbocycles. The molecule has 6 nitrogen and oxygen atoms in total. The number of aromatic hydroxyl groups is 1. The summed E-state index contributed by atoms with van der Waals surface area (Å²) in [5, 5.41) is 10.1. The van der Waals surface area contributed by atoms with E-state index in [2.05, 4.69) is 15.0 Å². The maximum Gasteiger partial charge on any atom is 0.228 e. The summed E-state index contributed by atoms with van der Waals surface area (Å²) < 4.78 is 10.9. The molecule has 6 heteroatoms. The number of phenolic OH excluding ortho intramolecular Hbond substituents is 1. The number of phenols is 1. The molecule has 2 aromatic heterocycles. The average Bonchev–Trinajstić information content (AvgIpc) is 3.11. The third kappa shape index (κ3) is 3.00. The summed E-state index contributed by atoms with van der Waals surface area (Å²) in [7, 11) is 1.51. The number of hydrogen-bond donors (Lipinski definition) is 1. The molecule has 1 N–H and O–H groups in total. The number of pyridine rings is 1. The first-order chi connectivity index (χ1) is 12.7. The summed E-state index contributed by atoms with van der Waals surface area (Å²) >= 11 is 0. The van der Waals surface area contributed by atoms with Crippen molar-refractivity contribution < 1.29 is 14.3 Å². The molecule has 0 atom stereocenters. The van der Waals surface area contributed by atoms with Crippen molar-refractivity contribution in [2.24, 2.45) is 4.99 Å². The van der Waals surface area contributed by atoms with Crippen LogP contribution in [0.2, 0.25) is 0 Å². The predicted molar refractivity (Wildman–Crippen MR) is 99.2 cm³/mol. The zero-order valence-corrected chi connectivity index (χ0v) is 14.0. The molecule has 0 aliphatic heterocycles. The van der Waals surface area contributed by atoms with Crippen LogP contribution in [0.15, 0.2) is 70.3 Å². The summed E-state index contributed by atoms with van der Waals surface area (Å²) in [6.07, 6.45) is 4.99. The highest BCUT2D eigenvalue weighted by molar-refractivity contribution is 5.88. The standard InChI is InChI=1S/C20H15N3O3/c1-25-18-6-2-4-13(19(18)24)12-22-15-7-8-17-16(10-15)23-20(26-17)14-5-3-9-21-11-14/h2-12,24H,1H3. The summed E-state index contributed by atoms with van der Waals surface area (Å²) in [5.74, 6) is 0.974. The zero-order valence-electron chi connectivity index (χ0n) is 14.0. The Morgan fingerprint density at radius 3 is 2.88 bits per heavy atom. The van der Waals surface area contributed by atoms with Crippen molar-refractivity contribution in [3.05, 3.63) is 66.5 Å². The number of hydrogen-bond acceptors (Lipinski definition) is 6. The second-order valence-electron chi connectivity index (χ2n) is 5.57. The van der Waals surface area contributed by atoms with Crippen molar-refractivity contribution in [1.29, 1.82) is 0 Å². The van der Waals surface area contributed by atoms with Gasteiger partial charge in [0.1, 0.15) is 5.52 Å². The van der Waals surface area contributed by atoms with Crippen molar-refractivity contribution in [3.8, 4) is 23.0 Å². The number of aromatic nitrogens is 2. The molecule has 0 bridgehead atoms. The number of oxazole rings is 1. The van der Waals surface area contributed by atoms with E-state index >= 15 is 0 Å². The van der Waals surface area contributed by atoms with Crippen LogP contribution in [0.5, 0.6) is 11.5 Å². The predicted octanol–water partition coefficient (Wildman–Crippen LogP) is 4.35. The van der Waals surface area contributed by atoms with Crippen LogP contribution in [0.4, 0.5) is 5.69 Å². The van der Waals surface area contributed by atoms with Crippen LogP contribution in [0.25, 0.3) is 22.6 Å². The molecule has 128 valence electrons. The Balaban J connectivity index is 1.66. The molecule has 0 unspecified atom stereocenters. The van der Waals surface area contributed by atoms with Crippen LogP contribution in [-0.4, -0.2) is 28.4 Å². The summed E-state index contributed by atoms with van der Waals surface area (Å²) in [6, 6.07) is 14.4. The van der Waals surface area contributed by atoms with Gasteiger partial charge in [0.2, 0.25) is 5.89 Å². The SMILES string of the molecule is COc1cccc(C=Nc2ccc3oc(-c4cccnc4)nc3c2)c1O. The molecule has 0 aliphatic carbocycles. The molecule has 0 aliphatic rings. The van der Waals surface area contributed by atoms with E-state index in [-0.39, 0.29) is 5.75 Å². The summed E-state index contributed by atoms with van der Waals surface area (Å²) in [6.45, 7) is 0. The maximum atomic E-state index is 10.1. The minimum Gasteiger partial charge on any atom is -0.504 e. The van der Waals surface area contributed by atoms with Gasteiger partial charge in [-0.25, -0.2) is 4.98 Å². The second-order valence-corrected chi connectivity index (χ2v) is 5.57. The van der Waals surface area contributed by atoms with E-state index < -0.39 is 0 Å². The lowest BCUT2D eigenvalue weighted by Crippen LogP contribution is -1.88. The highest BCUT2D eigenvalue weighted by Crippen LogP contribution is 2.29. The fourth-order valence-electron chi connectivity index (χ4n) is 2.56. The maximum absolute atomic E-state index is 10.1. The lowest BCUT2D eigenvalue weighted by atomic mass is 10.2. The number of methoxy groups -OCH3 is 1. The number of ether oxygens (including phenoxy) is 1. The van der Waals surface area contributed by atoms with Crippen LogP contribution < -0.4 is 4.74 Å². The lowest BCUT2D eigenvalue weighted by molar-refractivity contribution is 0.373. The van der Waals surface area contributed by atoms with Gasteiger partial charge >= 0.3 is 0 Å². The van der Waals surface area contributed by atoms with Gasteiger partial charge in [0.15, 0.2) is 17.1 Å². The van der Waals surface area contributed by atoms with E-state index in [4.69, 9.17) is 9.15 Å². The Hall–Kier alpha value is -3.67. The largest absolute Gasteiger partial charge is 0.504 e. The minimum atomic E-state index is 0.0557. The molecule has 0 amide bonds. The first-order valence-electron chi connectivity index (χ1n) is 7.95. The highest BCUT2D eigenvalue weighted by Gasteiger charge is 2.09. The molecular weight excluding hydrogens is 330 g/mol. The Kier molecular flexibility index (Phi) is 4.07. The lowest BCUT2D eigenvalue weighted by Gasteiger charge is -2.04. The summed E-state index contributed by atoms with van der Waals surface area (Å²) in [5.41, 5.74) is 3.46. The van der Waals surface area contributed by atoms with Gasteiger partial charge in [-0.3, -0.25) is 9.98 Å². The molecule has 0 fully saturated rings. The van der Waals surface area contributed by atoms with E-state index in [1.54, 1.807) is 36.8 Å². The smallest absolute Gasteiger partial charge is 0.228 e. The zero-order chi connectivity index (χ0) is 17.9. The van der Waals surface area contributed by atoms with Crippen LogP contribution in [-0.2, 0) is 0 Å². The second kappa shape index (κ2) is 6.68. The topological polar surface area (TPSA) is 80.7 Å². The van der Waals surface area contributed by atoms with Gasteiger partial charge in [-0.15, -0.1) is 0 Å². The monoisotopic (exact) mass is 345 g/mol. The Morgan fingerprint density at radius 1 is 1.15 bits per heavy atom. The number of para-hydroxylation sites is 1. The van der Waals surface area contributed by atoms with E-state index in [1.165, 1.54) is 7.11 Å². The van der Waals surface area contributed by atoms with Crippen LogP contribution >= 0.6 is 0 Å². The van der Waals surface area contributed by atoms with Gasteiger partial charge in [0, 0.05) is 24.2 Å². The first-order valence-corrected chi connectivity index (χ1v) is 7.95. The third-order valence-electron chi connectivity index (χ3n) is 3.88. The van der Waals surface area contributed by atoms with Crippen molar-refractivity contribution in [2.45, 2.75) is 0 Å². The minimum absolute atomic E-state index is 0.0557. The average molecular weight is 345 g/mol. The molecule has 26 heavy (non-hydrogen) atoms. The fraction of sp³-hybridized carbons (Fsp3) is 0.0500. The Labute approximate surface area is 149 Å².